The van der Waals surface area contributed by atoms with Crippen molar-refractivity contribution in [3.63, 3.8) is 0 Å². The second-order valence-corrected chi connectivity index (χ2v) is 9.92. The number of benzene rings is 3. The van der Waals surface area contributed by atoms with Crippen LogP contribution < -0.4 is 14.8 Å². The lowest BCUT2D eigenvalue weighted by Crippen LogP contribution is -2.29. The van der Waals surface area contributed by atoms with Crippen molar-refractivity contribution < 1.29 is 13.9 Å². The molecule has 0 aromatic heterocycles. The summed E-state index contributed by atoms with van der Waals surface area (Å²) in [5.41, 5.74) is 3.49. The minimum Gasteiger partial charge on any atom is -0.493 e. The molecule has 7 heteroatoms. The number of nitrogens with one attached hydrogen (secondary N) is 1. The molecule has 1 aliphatic carbocycles. The molecule has 170 valence electrons. The predicted octanol–water partition coefficient (Wildman–Crippen LogP) is 8.31. The van der Waals surface area contributed by atoms with Crippen molar-refractivity contribution in [1.82, 2.24) is 0 Å². The molecule has 33 heavy (non-hydrogen) atoms. The minimum absolute atomic E-state index is 0.0660. The Bertz CT molecular complexity index is 1250. The molecule has 0 fully saturated rings. The lowest BCUT2D eigenvalue weighted by molar-refractivity contribution is 0.282. The van der Waals surface area contributed by atoms with E-state index in [2.05, 4.69) is 33.4 Å². The van der Waals surface area contributed by atoms with Crippen molar-refractivity contribution >= 4 is 44.8 Å². The van der Waals surface area contributed by atoms with Crippen molar-refractivity contribution in [3.8, 4) is 11.5 Å². The summed E-state index contributed by atoms with van der Waals surface area (Å²) in [6.45, 7) is 0.306. The molecule has 3 aromatic rings. The number of hydrogen-bond donors (Lipinski definition) is 1. The van der Waals surface area contributed by atoms with Crippen LogP contribution in [0.15, 0.2) is 65.2 Å². The highest BCUT2D eigenvalue weighted by atomic mass is 79.9. The third-order valence-electron chi connectivity index (χ3n) is 6.32. The van der Waals surface area contributed by atoms with Crippen LogP contribution in [0.2, 0.25) is 10.0 Å². The molecule has 1 N–H and O–H groups in total. The Morgan fingerprint density at radius 1 is 1.12 bits per heavy atom. The highest BCUT2D eigenvalue weighted by Gasteiger charge is 2.39. The number of allylic oxidation sites excluding steroid dienone is 2. The Kier molecular flexibility index (Phi) is 6.30. The summed E-state index contributed by atoms with van der Waals surface area (Å²) in [4.78, 5) is 0. The highest BCUT2D eigenvalue weighted by molar-refractivity contribution is 9.10. The molecule has 0 saturated carbocycles. The van der Waals surface area contributed by atoms with Crippen molar-refractivity contribution in [2.75, 3.05) is 12.4 Å². The van der Waals surface area contributed by atoms with E-state index < -0.39 is 0 Å². The fourth-order valence-electron chi connectivity index (χ4n) is 4.76. The molecule has 0 saturated heterocycles. The average molecular weight is 549 g/mol. The van der Waals surface area contributed by atoms with Crippen LogP contribution in [0, 0.1) is 11.7 Å². The number of rotatable bonds is 5. The van der Waals surface area contributed by atoms with Crippen molar-refractivity contribution in [3.05, 3.63) is 97.7 Å². The molecule has 5 rings (SSSR count). The van der Waals surface area contributed by atoms with E-state index in [-0.39, 0.29) is 17.8 Å². The number of para-hydroxylation sites is 1. The first-order valence-electron chi connectivity index (χ1n) is 10.6. The van der Waals surface area contributed by atoms with E-state index in [1.54, 1.807) is 25.3 Å². The first kappa shape index (κ1) is 22.6. The summed E-state index contributed by atoms with van der Waals surface area (Å²) >= 11 is 15.8. The van der Waals surface area contributed by atoms with Gasteiger partial charge in [-0.25, -0.2) is 4.39 Å². The second kappa shape index (κ2) is 9.21. The quantitative estimate of drug-likeness (QED) is 0.325. The van der Waals surface area contributed by atoms with Gasteiger partial charge in [0.25, 0.3) is 0 Å². The monoisotopic (exact) mass is 547 g/mol. The van der Waals surface area contributed by atoms with E-state index in [0.29, 0.717) is 39.8 Å². The number of halogens is 4. The highest BCUT2D eigenvalue weighted by Crippen LogP contribution is 2.51. The van der Waals surface area contributed by atoms with Crippen LogP contribution in [-0.4, -0.2) is 7.11 Å². The van der Waals surface area contributed by atoms with E-state index in [9.17, 15) is 4.39 Å². The van der Waals surface area contributed by atoms with Crippen LogP contribution in [-0.2, 0) is 6.61 Å². The van der Waals surface area contributed by atoms with E-state index in [1.807, 2.05) is 24.3 Å². The Hall–Kier alpha value is -2.21. The van der Waals surface area contributed by atoms with Crippen LogP contribution in [0.3, 0.4) is 0 Å². The maximum absolute atomic E-state index is 14.7. The van der Waals surface area contributed by atoms with Gasteiger partial charge in [-0.15, -0.1) is 0 Å². The molecule has 0 spiro atoms. The molecule has 1 aliphatic heterocycles. The summed E-state index contributed by atoms with van der Waals surface area (Å²) in [7, 11) is 1.61. The average Bonchev–Trinajstić information content (AvgIpc) is 3.30. The summed E-state index contributed by atoms with van der Waals surface area (Å²) in [6.07, 6.45) is 5.30. The Morgan fingerprint density at radius 3 is 2.76 bits per heavy atom. The van der Waals surface area contributed by atoms with Gasteiger partial charge in [-0.2, -0.15) is 0 Å². The fourth-order valence-corrected chi connectivity index (χ4v) is 5.65. The normalized spacial score (nSPS) is 20.7. The van der Waals surface area contributed by atoms with Crippen LogP contribution in [0.5, 0.6) is 11.5 Å². The lowest BCUT2D eigenvalue weighted by atomic mass is 9.77. The molecular formula is C26H21BrCl2FNO2. The molecule has 2 aliphatic rings. The molecule has 3 nitrogen and oxygen atoms in total. The third kappa shape index (κ3) is 4.23. The maximum atomic E-state index is 14.7. The fraction of sp³-hybridized carbons (Fsp3) is 0.231. The van der Waals surface area contributed by atoms with Crippen LogP contribution in [0.1, 0.15) is 35.1 Å². The Labute approximate surface area is 210 Å². The molecular weight excluding hydrogens is 528 g/mol. The van der Waals surface area contributed by atoms with Gasteiger partial charge in [0.2, 0.25) is 0 Å². The number of anilines is 1. The van der Waals surface area contributed by atoms with Gasteiger partial charge in [-0.3, -0.25) is 0 Å². The topological polar surface area (TPSA) is 30.5 Å². The van der Waals surface area contributed by atoms with Gasteiger partial charge in [-0.1, -0.05) is 53.6 Å². The maximum Gasteiger partial charge on any atom is 0.175 e. The van der Waals surface area contributed by atoms with Gasteiger partial charge < -0.3 is 14.8 Å². The van der Waals surface area contributed by atoms with Gasteiger partial charge in [0.05, 0.1) is 33.4 Å². The van der Waals surface area contributed by atoms with Crippen molar-refractivity contribution in [2.24, 2.45) is 5.92 Å². The van der Waals surface area contributed by atoms with Gasteiger partial charge in [0.15, 0.2) is 11.5 Å². The summed E-state index contributed by atoms with van der Waals surface area (Å²) in [5.74, 6) is 1.43. The lowest BCUT2D eigenvalue weighted by Gasteiger charge is -2.37. The Morgan fingerprint density at radius 2 is 1.97 bits per heavy atom. The van der Waals surface area contributed by atoms with Crippen molar-refractivity contribution in [2.45, 2.75) is 25.0 Å². The zero-order valence-corrected chi connectivity index (χ0v) is 20.8. The molecule has 0 radical (unpaired) electrons. The van der Waals surface area contributed by atoms with Crippen LogP contribution >= 0.6 is 39.1 Å². The zero-order chi connectivity index (χ0) is 23.1. The number of methoxy groups -OCH3 is 1. The van der Waals surface area contributed by atoms with E-state index in [1.165, 1.54) is 6.07 Å². The molecule has 0 amide bonds. The predicted molar refractivity (Wildman–Crippen MR) is 134 cm³/mol. The standard InChI is InChI=1S/C26H21BrCl2FNO2/c1-32-23-12-15(11-19(27)26(23)33-13-14-8-9-20(28)21(29)10-14)24-17-5-2-4-16(17)18-6-3-7-22(30)25(18)31-24/h2-4,6-12,16-17,24,31H,5,13H2,1H3/t16-,17+,24+/m1/s1. The molecule has 0 bridgehead atoms. The third-order valence-corrected chi connectivity index (χ3v) is 7.65. The molecule has 3 aromatic carbocycles. The van der Waals surface area contributed by atoms with E-state index in [4.69, 9.17) is 32.7 Å². The number of ether oxygens (including phenoxy) is 2. The summed E-state index contributed by atoms with van der Waals surface area (Å²) < 4.78 is 27.2. The minimum atomic E-state index is -0.233. The van der Waals surface area contributed by atoms with Gasteiger partial charge >= 0.3 is 0 Å². The van der Waals surface area contributed by atoms with Crippen LogP contribution in [0.25, 0.3) is 0 Å². The summed E-state index contributed by atoms with van der Waals surface area (Å²) in [6, 6.07) is 14.6. The second-order valence-electron chi connectivity index (χ2n) is 8.25. The largest absolute Gasteiger partial charge is 0.493 e. The first-order chi connectivity index (χ1) is 16.0. The SMILES string of the molecule is COc1cc([C@@H]2Nc3c(F)cccc3[C@@H]3C=CC[C@@H]32)cc(Br)c1OCc1ccc(Cl)c(Cl)c1. The number of hydrogen-bond acceptors (Lipinski definition) is 3. The van der Waals surface area contributed by atoms with Crippen LogP contribution in [0.4, 0.5) is 10.1 Å². The molecule has 3 atom stereocenters. The van der Waals surface area contributed by atoms with Gasteiger partial charge in [0.1, 0.15) is 12.4 Å². The smallest absolute Gasteiger partial charge is 0.175 e. The van der Waals surface area contributed by atoms with Crippen molar-refractivity contribution in [1.29, 1.82) is 0 Å². The first-order valence-corrected chi connectivity index (χ1v) is 12.2. The Balaban J connectivity index is 1.45. The molecule has 0 unspecified atom stereocenters. The summed E-state index contributed by atoms with van der Waals surface area (Å²) in [5, 5.41) is 4.44. The van der Waals surface area contributed by atoms with E-state index in [0.717, 1.165) is 27.6 Å². The van der Waals surface area contributed by atoms with E-state index >= 15 is 0 Å². The zero-order valence-electron chi connectivity index (χ0n) is 17.7. The van der Waals surface area contributed by atoms with Gasteiger partial charge in [0, 0.05) is 5.92 Å². The van der Waals surface area contributed by atoms with Gasteiger partial charge in [-0.05, 0) is 75.3 Å². The molecule has 1 heterocycles. The number of fused-ring (bicyclic) bond motifs is 3.